The summed E-state index contributed by atoms with van der Waals surface area (Å²) in [7, 11) is 0. The van der Waals surface area contributed by atoms with Gasteiger partial charge in [0, 0.05) is 0 Å². The third-order valence-corrected chi connectivity index (χ3v) is 2.73. The van der Waals surface area contributed by atoms with Crippen LogP contribution >= 0.6 is 0 Å². The average Bonchev–Trinajstić information content (AvgIpc) is 2.16. The first-order valence-corrected chi connectivity index (χ1v) is 6.42. The average molecular weight is 211 g/mol. The Balaban J connectivity index is 3.50. The standard InChI is InChI=1S/C14H29N/c1-6-13(4)10-14(5)8-7-9-15-11-12(2)3/h8,12-13,15H,6-7,9-11H2,1-5H3. The Kier molecular flexibility index (Phi) is 8.79. The fourth-order valence-electron chi connectivity index (χ4n) is 1.59. The highest BCUT2D eigenvalue weighted by molar-refractivity contribution is 4.98. The molecule has 0 aliphatic heterocycles. The molecule has 0 bridgehead atoms. The molecule has 0 aliphatic carbocycles. The molecule has 1 N–H and O–H groups in total. The van der Waals surface area contributed by atoms with Crippen LogP contribution in [0, 0.1) is 11.8 Å². The van der Waals surface area contributed by atoms with E-state index in [9.17, 15) is 0 Å². The third kappa shape index (κ3) is 9.99. The van der Waals surface area contributed by atoms with Crippen LogP contribution in [-0.4, -0.2) is 13.1 Å². The molecule has 0 aliphatic rings. The van der Waals surface area contributed by atoms with Crippen LogP contribution < -0.4 is 5.32 Å². The summed E-state index contributed by atoms with van der Waals surface area (Å²) >= 11 is 0. The summed E-state index contributed by atoms with van der Waals surface area (Å²) in [5.74, 6) is 1.60. The first-order valence-electron chi connectivity index (χ1n) is 6.42. The van der Waals surface area contributed by atoms with Gasteiger partial charge in [0.05, 0.1) is 0 Å². The molecule has 1 nitrogen and oxygen atoms in total. The molecule has 0 spiro atoms. The van der Waals surface area contributed by atoms with Crippen LogP contribution in [-0.2, 0) is 0 Å². The lowest BCUT2D eigenvalue weighted by atomic mass is 9.99. The molecule has 0 amide bonds. The van der Waals surface area contributed by atoms with Gasteiger partial charge in [-0.3, -0.25) is 0 Å². The highest BCUT2D eigenvalue weighted by atomic mass is 14.8. The second-order valence-electron chi connectivity index (χ2n) is 5.15. The van der Waals surface area contributed by atoms with Gasteiger partial charge in [-0.1, -0.05) is 45.8 Å². The van der Waals surface area contributed by atoms with E-state index in [4.69, 9.17) is 0 Å². The van der Waals surface area contributed by atoms with Gasteiger partial charge in [-0.25, -0.2) is 0 Å². The van der Waals surface area contributed by atoms with Crippen molar-refractivity contribution in [1.82, 2.24) is 5.32 Å². The van der Waals surface area contributed by atoms with Crippen molar-refractivity contribution in [2.24, 2.45) is 11.8 Å². The Morgan fingerprint density at radius 1 is 1.27 bits per heavy atom. The molecule has 0 saturated carbocycles. The zero-order chi connectivity index (χ0) is 11.7. The smallest absolute Gasteiger partial charge is 0.00141 e. The monoisotopic (exact) mass is 211 g/mol. The van der Waals surface area contributed by atoms with Crippen LogP contribution in [0.2, 0.25) is 0 Å². The van der Waals surface area contributed by atoms with Crippen molar-refractivity contribution in [1.29, 1.82) is 0 Å². The lowest BCUT2D eigenvalue weighted by Gasteiger charge is -2.09. The topological polar surface area (TPSA) is 12.0 Å². The maximum Gasteiger partial charge on any atom is -0.00141 e. The van der Waals surface area contributed by atoms with Crippen LogP contribution in [0.25, 0.3) is 0 Å². The van der Waals surface area contributed by atoms with Crippen molar-refractivity contribution in [2.75, 3.05) is 13.1 Å². The summed E-state index contributed by atoms with van der Waals surface area (Å²) in [6.07, 6.45) is 6.12. The number of hydrogen-bond donors (Lipinski definition) is 1. The molecule has 1 heteroatoms. The predicted octanol–water partition coefficient (Wildman–Crippen LogP) is 4.00. The summed E-state index contributed by atoms with van der Waals surface area (Å²) in [5, 5.41) is 3.46. The van der Waals surface area contributed by atoms with Gasteiger partial charge in [0.15, 0.2) is 0 Å². The number of allylic oxidation sites excluding steroid dienone is 1. The van der Waals surface area contributed by atoms with Gasteiger partial charge in [0.1, 0.15) is 0 Å². The molecule has 0 saturated heterocycles. The van der Waals surface area contributed by atoms with E-state index in [0.717, 1.165) is 24.9 Å². The predicted molar refractivity (Wildman–Crippen MR) is 70.2 cm³/mol. The SMILES string of the molecule is CCC(C)CC(C)=CCCNCC(C)C. The molecule has 0 fully saturated rings. The molecule has 90 valence electrons. The van der Waals surface area contributed by atoms with Crippen molar-refractivity contribution in [3.05, 3.63) is 11.6 Å². The molecular weight excluding hydrogens is 182 g/mol. The molecule has 0 aromatic rings. The number of nitrogens with one attached hydrogen (secondary N) is 1. The fourth-order valence-corrected chi connectivity index (χ4v) is 1.59. The quantitative estimate of drug-likeness (QED) is 0.472. The van der Waals surface area contributed by atoms with Crippen molar-refractivity contribution < 1.29 is 0 Å². The van der Waals surface area contributed by atoms with Gasteiger partial charge in [-0.15, -0.1) is 0 Å². The Bertz CT molecular complexity index is 170. The lowest BCUT2D eigenvalue weighted by molar-refractivity contribution is 0.548. The summed E-state index contributed by atoms with van der Waals surface area (Å²) in [6, 6.07) is 0. The molecule has 0 heterocycles. The second-order valence-corrected chi connectivity index (χ2v) is 5.15. The van der Waals surface area contributed by atoms with Crippen LogP contribution in [0.4, 0.5) is 0 Å². The fraction of sp³-hybridized carbons (Fsp3) is 0.857. The van der Waals surface area contributed by atoms with E-state index >= 15 is 0 Å². The highest BCUT2D eigenvalue weighted by Gasteiger charge is 1.99. The molecule has 1 unspecified atom stereocenters. The van der Waals surface area contributed by atoms with Crippen molar-refractivity contribution >= 4 is 0 Å². The summed E-state index contributed by atoms with van der Waals surface area (Å²) in [4.78, 5) is 0. The van der Waals surface area contributed by atoms with Crippen LogP contribution in [0.3, 0.4) is 0 Å². The minimum absolute atomic E-state index is 0.759. The van der Waals surface area contributed by atoms with Gasteiger partial charge in [0.25, 0.3) is 0 Å². The van der Waals surface area contributed by atoms with Crippen LogP contribution in [0.1, 0.15) is 53.9 Å². The second kappa shape index (κ2) is 8.96. The zero-order valence-corrected chi connectivity index (χ0v) is 11.3. The van der Waals surface area contributed by atoms with E-state index in [2.05, 4.69) is 46.0 Å². The van der Waals surface area contributed by atoms with Crippen molar-refractivity contribution in [3.63, 3.8) is 0 Å². The van der Waals surface area contributed by atoms with Crippen molar-refractivity contribution in [3.8, 4) is 0 Å². The van der Waals surface area contributed by atoms with Gasteiger partial charge >= 0.3 is 0 Å². The van der Waals surface area contributed by atoms with Gasteiger partial charge in [-0.2, -0.15) is 0 Å². The Labute approximate surface area is 96.3 Å². The Morgan fingerprint density at radius 3 is 2.47 bits per heavy atom. The van der Waals surface area contributed by atoms with E-state index in [0.29, 0.717) is 0 Å². The summed E-state index contributed by atoms with van der Waals surface area (Å²) < 4.78 is 0. The zero-order valence-electron chi connectivity index (χ0n) is 11.3. The van der Waals surface area contributed by atoms with Crippen LogP contribution in [0.15, 0.2) is 11.6 Å². The van der Waals surface area contributed by atoms with E-state index in [-0.39, 0.29) is 0 Å². The highest BCUT2D eigenvalue weighted by Crippen LogP contribution is 2.13. The number of hydrogen-bond acceptors (Lipinski definition) is 1. The number of rotatable bonds is 8. The van der Waals surface area contributed by atoms with Crippen molar-refractivity contribution in [2.45, 2.75) is 53.9 Å². The third-order valence-electron chi connectivity index (χ3n) is 2.73. The molecule has 0 radical (unpaired) electrons. The first kappa shape index (κ1) is 14.7. The Morgan fingerprint density at radius 2 is 1.93 bits per heavy atom. The summed E-state index contributed by atoms with van der Waals surface area (Å²) in [5.41, 5.74) is 1.55. The largest absolute Gasteiger partial charge is 0.316 e. The summed E-state index contributed by atoms with van der Waals surface area (Å²) in [6.45, 7) is 13.6. The molecule has 0 aromatic heterocycles. The molecule has 15 heavy (non-hydrogen) atoms. The normalized spacial score (nSPS) is 14.7. The first-order chi connectivity index (χ1) is 7.06. The van der Waals surface area contributed by atoms with Crippen LogP contribution in [0.5, 0.6) is 0 Å². The lowest BCUT2D eigenvalue weighted by Crippen LogP contribution is -2.20. The maximum absolute atomic E-state index is 3.46. The molecule has 0 aromatic carbocycles. The van der Waals surface area contributed by atoms with Gasteiger partial charge < -0.3 is 5.32 Å². The maximum atomic E-state index is 3.46. The van der Waals surface area contributed by atoms with E-state index in [1.54, 1.807) is 5.57 Å². The molecule has 0 rings (SSSR count). The molecular formula is C14H29N. The van der Waals surface area contributed by atoms with Gasteiger partial charge in [0.2, 0.25) is 0 Å². The van der Waals surface area contributed by atoms with E-state index in [1.807, 2.05) is 0 Å². The molecule has 1 atom stereocenters. The Hall–Kier alpha value is -0.300. The minimum atomic E-state index is 0.759. The van der Waals surface area contributed by atoms with E-state index < -0.39 is 0 Å². The van der Waals surface area contributed by atoms with Gasteiger partial charge in [-0.05, 0) is 44.7 Å². The minimum Gasteiger partial charge on any atom is -0.316 e. The van der Waals surface area contributed by atoms with E-state index in [1.165, 1.54) is 19.3 Å².